The van der Waals surface area contributed by atoms with Gasteiger partial charge in [0.2, 0.25) is 0 Å². The van der Waals surface area contributed by atoms with Crippen LogP contribution in [0.5, 0.6) is 0 Å². The summed E-state index contributed by atoms with van der Waals surface area (Å²) in [6, 6.07) is 5.16. The van der Waals surface area contributed by atoms with E-state index in [1.807, 2.05) is 6.07 Å². The minimum absolute atomic E-state index is 0.127. The average Bonchev–Trinajstić information content (AvgIpc) is 2.91. The quantitative estimate of drug-likeness (QED) is 0.850. The average molecular weight is 244 g/mol. The van der Waals surface area contributed by atoms with Crippen molar-refractivity contribution in [1.29, 1.82) is 0 Å². The van der Waals surface area contributed by atoms with Gasteiger partial charge in [-0.05, 0) is 40.8 Å². The van der Waals surface area contributed by atoms with Gasteiger partial charge in [0.25, 0.3) is 0 Å². The number of nitrogens with two attached hydrogens (primary N) is 1. The second-order valence-corrected chi connectivity index (χ2v) is 4.36. The van der Waals surface area contributed by atoms with Crippen LogP contribution in [0, 0.1) is 11.7 Å². The van der Waals surface area contributed by atoms with Gasteiger partial charge in [0, 0.05) is 11.6 Å². The van der Waals surface area contributed by atoms with Crippen molar-refractivity contribution in [3.05, 3.63) is 34.1 Å². The van der Waals surface area contributed by atoms with Gasteiger partial charge in [-0.1, -0.05) is 12.1 Å². The molecule has 1 saturated carbocycles. The van der Waals surface area contributed by atoms with Gasteiger partial charge >= 0.3 is 0 Å². The Morgan fingerprint density at radius 2 is 2.15 bits per heavy atom. The van der Waals surface area contributed by atoms with E-state index in [9.17, 15) is 4.39 Å². The van der Waals surface area contributed by atoms with Gasteiger partial charge in [0.05, 0.1) is 4.47 Å². The molecule has 1 aliphatic rings. The summed E-state index contributed by atoms with van der Waals surface area (Å²) < 4.78 is 14.0. The minimum atomic E-state index is -0.207. The Bertz CT molecular complexity index is 323. The fraction of sp³-hybridized carbons (Fsp3) is 0.400. The third-order valence-corrected chi connectivity index (χ3v) is 3.08. The predicted octanol–water partition coefficient (Wildman–Crippen LogP) is 3.00. The van der Waals surface area contributed by atoms with Crippen molar-refractivity contribution in [3.8, 4) is 0 Å². The van der Waals surface area contributed by atoms with E-state index < -0.39 is 0 Å². The monoisotopic (exact) mass is 243 g/mol. The highest BCUT2D eigenvalue weighted by atomic mass is 79.9. The Morgan fingerprint density at radius 1 is 1.46 bits per heavy atom. The van der Waals surface area contributed by atoms with Crippen LogP contribution in [0.3, 0.4) is 0 Å². The van der Waals surface area contributed by atoms with Gasteiger partial charge in [-0.25, -0.2) is 4.39 Å². The molecule has 0 unspecified atom stereocenters. The highest BCUT2D eigenvalue weighted by molar-refractivity contribution is 9.10. The van der Waals surface area contributed by atoms with Crippen molar-refractivity contribution >= 4 is 15.9 Å². The van der Waals surface area contributed by atoms with E-state index in [1.54, 1.807) is 12.1 Å². The Kier molecular flexibility index (Phi) is 2.39. The zero-order valence-electron chi connectivity index (χ0n) is 7.13. The summed E-state index contributed by atoms with van der Waals surface area (Å²) in [6.45, 7) is 0. The number of benzene rings is 1. The first kappa shape index (κ1) is 9.16. The summed E-state index contributed by atoms with van der Waals surface area (Å²) in [5.41, 5.74) is 6.55. The van der Waals surface area contributed by atoms with Crippen molar-refractivity contribution in [2.24, 2.45) is 11.7 Å². The number of rotatable bonds is 2. The maximum Gasteiger partial charge on any atom is 0.142 e. The van der Waals surface area contributed by atoms with Crippen LogP contribution >= 0.6 is 15.9 Å². The predicted molar refractivity (Wildman–Crippen MR) is 53.8 cm³/mol. The minimum Gasteiger partial charge on any atom is -0.324 e. The standard InChI is InChI=1S/C10H11BrFN/c11-8-3-1-2-7(9(8)12)10(13)6-4-5-6/h1-3,6,10H,4-5,13H2/t10-/m1/s1. The molecule has 3 heteroatoms. The summed E-state index contributed by atoms with van der Waals surface area (Å²) in [4.78, 5) is 0. The van der Waals surface area contributed by atoms with Gasteiger partial charge in [-0.2, -0.15) is 0 Å². The maximum atomic E-state index is 13.5. The Labute approximate surface area is 85.3 Å². The summed E-state index contributed by atoms with van der Waals surface area (Å²) in [7, 11) is 0. The summed E-state index contributed by atoms with van der Waals surface area (Å²) in [6.07, 6.45) is 2.26. The first-order valence-corrected chi connectivity index (χ1v) is 5.19. The van der Waals surface area contributed by atoms with Crippen LogP contribution < -0.4 is 5.73 Å². The number of halogens is 2. The van der Waals surface area contributed by atoms with Crippen LogP contribution in [0.4, 0.5) is 4.39 Å². The van der Waals surface area contributed by atoms with Crippen LogP contribution in [0.1, 0.15) is 24.4 Å². The van der Waals surface area contributed by atoms with Crippen molar-refractivity contribution in [3.63, 3.8) is 0 Å². The molecule has 0 amide bonds. The van der Waals surface area contributed by atoms with E-state index in [0.29, 0.717) is 16.0 Å². The Morgan fingerprint density at radius 3 is 2.77 bits per heavy atom. The van der Waals surface area contributed by atoms with Crippen LogP contribution in [-0.2, 0) is 0 Å². The van der Waals surface area contributed by atoms with E-state index >= 15 is 0 Å². The molecular weight excluding hydrogens is 233 g/mol. The molecule has 1 fully saturated rings. The zero-order chi connectivity index (χ0) is 9.42. The molecule has 13 heavy (non-hydrogen) atoms. The van der Waals surface area contributed by atoms with Gasteiger partial charge in [-0.3, -0.25) is 0 Å². The molecule has 0 aromatic heterocycles. The fourth-order valence-electron chi connectivity index (χ4n) is 1.49. The molecule has 1 nitrogen and oxygen atoms in total. The Balaban J connectivity index is 2.32. The molecule has 1 aromatic carbocycles. The second kappa shape index (κ2) is 3.39. The molecule has 0 bridgehead atoms. The van der Waals surface area contributed by atoms with Gasteiger partial charge in [-0.15, -0.1) is 0 Å². The smallest absolute Gasteiger partial charge is 0.142 e. The van der Waals surface area contributed by atoms with Crippen LogP contribution in [0.25, 0.3) is 0 Å². The lowest BCUT2D eigenvalue weighted by molar-refractivity contribution is 0.549. The van der Waals surface area contributed by atoms with Crippen LogP contribution in [-0.4, -0.2) is 0 Å². The molecule has 0 heterocycles. The molecule has 1 aromatic rings. The molecule has 0 aliphatic heterocycles. The number of hydrogen-bond donors (Lipinski definition) is 1. The summed E-state index contributed by atoms with van der Waals surface area (Å²) in [5.74, 6) is 0.283. The molecule has 0 radical (unpaired) electrons. The van der Waals surface area contributed by atoms with Gasteiger partial charge in [0.1, 0.15) is 5.82 Å². The first-order valence-electron chi connectivity index (χ1n) is 4.39. The van der Waals surface area contributed by atoms with Crippen molar-refractivity contribution in [2.75, 3.05) is 0 Å². The van der Waals surface area contributed by atoms with Crippen molar-refractivity contribution in [1.82, 2.24) is 0 Å². The lowest BCUT2D eigenvalue weighted by Gasteiger charge is -2.12. The van der Waals surface area contributed by atoms with Gasteiger partial charge in [0.15, 0.2) is 0 Å². The van der Waals surface area contributed by atoms with Gasteiger partial charge < -0.3 is 5.73 Å². The van der Waals surface area contributed by atoms with Crippen molar-refractivity contribution in [2.45, 2.75) is 18.9 Å². The molecule has 1 atom stereocenters. The van der Waals surface area contributed by atoms with E-state index in [-0.39, 0.29) is 11.9 Å². The lowest BCUT2D eigenvalue weighted by atomic mass is 10.0. The topological polar surface area (TPSA) is 26.0 Å². The first-order chi connectivity index (χ1) is 6.20. The molecular formula is C10H11BrFN. The summed E-state index contributed by atoms with van der Waals surface area (Å²) >= 11 is 3.15. The highest BCUT2D eigenvalue weighted by Crippen LogP contribution is 2.40. The third kappa shape index (κ3) is 1.76. The molecule has 0 saturated heterocycles. The zero-order valence-corrected chi connectivity index (χ0v) is 8.72. The van der Waals surface area contributed by atoms with Crippen molar-refractivity contribution < 1.29 is 4.39 Å². The molecule has 0 spiro atoms. The highest BCUT2D eigenvalue weighted by Gasteiger charge is 2.31. The summed E-state index contributed by atoms with van der Waals surface area (Å²) in [5, 5.41) is 0. The molecule has 2 N–H and O–H groups in total. The molecule has 1 aliphatic carbocycles. The van der Waals surface area contributed by atoms with E-state index in [0.717, 1.165) is 12.8 Å². The molecule has 70 valence electrons. The largest absolute Gasteiger partial charge is 0.324 e. The SMILES string of the molecule is N[C@@H](c1cccc(Br)c1F)C1CC1. The van der Waals surface area contributed by atoms with E-state index in [2.05, 4.69) is 15.9 Å². The number of hydrogen-bond acceptors (Lipinski definition) is 1. The fourth-order valence-corrected chi connectivity index (χ4v) is 1.87. The maximum absolute atomic E-state index is 13.5. The Hall–Kier alpha value is -0.410. The van der Waals surface area contributed by atoms with E-state index in [1.165, 1.54) is 0 Å². The second-order valence-electron chi connectivity index (χ2n) is 3.51. The normalized spacial score (nSPS) is 18.7. The van der Waals surface area contributed by atoms with Crippen LogP contribution in [0.2, 0.25) is 0 Å². The lowest BCUT2D eigenvalue weighted by Crippen LogP contribution is -2.14. The van der Waals surface area contributed by atoms with Crippen LogP contribution in [0.15, 0.2) is 22.7 Å². The third-order valence-electron chi connectivity index (χ3n) is 2.47. The van der Waals surface area contributed by atoms with E-state index in [4.69, 9.17) is 5.73 Å². The molecule has 2 rings (SSSR count).